The number of amides is 1. The maximum absolute atomic E-state index is 12.9. The van der Waals surface area contributed by atoms with Crippen molar-refractivity contribution in [2.45, 2.75) is 13.5 Å². The highest BCUT2D eigenvalue weighted by atomic mass is 19.1. The Bertz CT molecular complexity index is 898. The van der Waals surface area contributed by atoms with Gasteiger partial charge in [0.15, 0.2) is 5.82 Å². The normalized spacial score (nSPS) is 9.89. The molecule has 0 aliphatic carbocycles. The van der Waals surface area contributed by atoms with Crippen molar-refractivity contribution in [3.63, 3.8) is 0 Å². The molecule has 0 atom stereocenters. The van der Waals surface area contributed by atoms with Crippen LogP contribution in [-0.2, 0) is 11.4 Å². The smallest absolute Gasteiger partial charge is 0.250 e. The molecule has 3 aromatic rings. The summed E-state index contributed by atoms with van der Waals surface area (Å²) in [4.78, 5) is 16.7. The standard InChI is InChI=1S/C16H17FN6O.CH4N2O/c1-11-4-3-5-14(22(2)18)13(11)10-24-15-6-7-23(21-15)16-19-8-12(17)9-20-16;2-3-1-4/h3-9H,10,18H2,1-2H3;1H,2H2,(H,3,4). The Morgan fingerprint density at radius 2 is 2.00 bits per heavy atom. The molecule has 11 heteroatoms. The summed E-state index contributed by atoms with van der Waals surface area (Å²) in [6.07, 6.45) is 4.22. The van der Waals surface area contributed by atoms with Crippen LogP contribution in [0.2, 0.25) is 0 Å². The van der Waals surface area contributed by atoms with E-state index in [0.717, 1.165) is 29.2 Å². The molecular weight excluding hydrogens is 367 g/mol. The number of carbonyl (C=O) groups is 1. The third kappa shape index (κ3) is 5.46. The quantitative estimate of drug-likeness (QED) is 0.242. The maximum atomic E-state index is 12.9. The van der Waals surface area contributed by atoms with Gasteiger partial charge in [-0.1, -0.05) is 12.1 Å². The van der Waals surface area contributed by atoms with Crippen molar-refractivity contribution in [3.8, 4) is 11.8 Å². The van der Waals surface area contributed by atoms with Crippen molar-refractivity contribution in [1.82, 2.24) is 25.2 Å². The molecule has 1 aromatic carbocycles. The highest BCUT2D eigenvalue weighted by molar-refractivity contribution is 5.55. The fourth-order valence-electron chi connectivity index (χ4n) is 2.27. The number of nitrogens with two attached hydrogens (primary N) is 2. The Labute approximate surface area is 160 Å². The summed E-state index contributed by atoms with van der Waals surface area (Å²) >= 11 is 0. The molecule has 3 rings (SSSR count). The van der Waals surface area contributed by atoms with E-state index in [-0.39, 0.29) is 5.95 Å². The number of nitrogens with zero attached hydrogens (tertiary/aromatic N) is 5. The number of rotatable bonds is 6. The van der Waals surface area contributed by atoms with Gasteiger partial charge in [-0.2, -0.15) is 0 Å². The third-order valence-corrected chi connectivity index (χ3v) is 3.57. The first-order valence-electron chi connectivity index (χ1n) is 8.09. The average Bonchev–Trinajstić information content (AvgIpc) is 3.16. The molecule has 10 nitrogen and oxygen atoms in total. The van der Waals surface area contributed by atoms with Gasteiger partial charge in [-0.15, -0.1) is 5.10 Å². The van der Waals surface area contributed by atoms with Crippen LogP contribution in [0, 0.1) is 12.7 Å². The van der Waals surface area contributed by atoms with Crippen LogP contribution in [0.1, 0.15) is 11.1 Å². The fourth-order valence-corrected chi connectivity index (χ4v) is 2.27. The van der Waals surface area contributed by atoms with Crippen molar-refractivity contribution in [1.29, 1.82) is 0 Å². The Kier molecular flexibility index (Phi) is 7.37. The molecule has 0 unspecified atom stereocenters. The number of hydrogen-bond acceptors (Lipinski definition) is 8. The number of nitrogens with one attached hydrogen (secondary N) is 1. The van der Waals surface area contributed by atoms with Crippen molar-refractivity contribution >= 4 is 12.1 Å². The minimum Gasteiger partial charge on any atom is -0.472 e. The highest BCUT2D eigenvalue weighted by Gasteiger charge is 2.10. The summed E-state index contributed by atoms with van der Waals surface area (Å²) in [6, 6.07) is 7.56. The Morgan fingerprint density at radius 3 is 2.61 bits per heavy atom. The zero-order valence-electron chi connectivity index (χ0n) is 15.4. The van der Waals surface area contributed by atoms with E-state index in [1.165, 1.54) is 4.68 Å². The van der Waals surface area contributed by atoms with Gasteiger partial charge in [0.05, 0.1) is 18.1 Å². The van der Waals surface area contributed by atoms with Crippen LogP contribution in [0.4, 0.5) is 10.1 Å². The van der Waals surface area contributed by atoms with E-state index in [4.69, 9.17) is 15.4 Å². The van der Waals surface area contributed by atoms with Crippen LogP contribution in [-0.4, -0.2) is 33.2 Å². The predicted molar refractivity (Wildman–Crippen MR) is 101 cm³/mol. The molecule has 5 N–H and O–H groups in total. The van der Waals surface area contributed by atoms with Gasteiger partial charge in [-0.3, -0.25) is 10.2 Å². The Balaban J connectivity index is 0.000000640. The van der Waals surface area contributed by atoms with E-state index in [9.17, 15) is 4.39 Å². The molecule has 0 radical (unpaired) electrons. The molecule has 0 bridgehead atoms. The first-order valence-corrected chi connectivity index (χ1v) is 8.09. The van der Waals surface area contributed by atoms with E-state index >= 15 is 0 Å². The lowest BCUT2D eigenvalue weighted by Crippen LogP contribution is -2.26. The van der Waals surface area contributed by atoms with Crippen LogP contribution in [0.15, 0.2) is 42.9 Å². The van der Waals surface area contributed by atoms with E-state index in [1.807, 2.05) is 25.1 Å². The predicted octanol–water partition coefficient (Wildman–Crippen LogP) is 0.605. The Morgan fingerprint density at radius 1 is 1.32 bits per heavy atom. The molecule has 2 heterocycles. The highest BCUT2D eigenvalue weighted by Crippen LogP contribution is 2.23. The summed E-state index contributed by atoms with van der Waals surface area (Å²) in [5.41, 5.74) is 4.69. The van der Waals surface area contributed by atoms with Gasteiger partial charge in [0.2, 0.25) is 12.3 Å². The van der Waals surface area contributed by atoms with Crippen LogP contribution in [0.25, 0.3) is 5.95 Å². The fraction of sp³-hybridized carbons (Fsp3) is 0.176. The van der Waals surface area contributed by atoms with Crippen molar-refractivity contribution in [3.05, 3.63) is 59.8 Å². The molecular formula is C17H21FN8O2. The van der Waals surface area contributed by atoms with Crippen LogP contribution >= 0.6 is 0 Å². The second kappa shape index (κ2) is 9.94. The van der Waals surface area contributed by atoms with Gasteiger partial charge < -0.3 is 9.75 Å². The molecule has 148 valence electrons. The summed E-state index contributed by atoms with van der Waals surface area (Å²) < 4.78 is 20.0. The summed E-state index contributed by atoms with van der Waals surface area (Å²) in [7, 11) is 1.78. The number of halogens is 1. The number of aryl methyl sites for hydroxylation is 1. The lowest BCUT2D eigenvalue weighted by Gasteiger charge is -2.18. The SMILES string of the molecule is Cc1cccc(N(C)N)c1COc1ccn(-c2ncc(F)cn2)n1.NNC=O. The number of ether oxygens (including phenoxy) is 1. The first kappa shape index (κ1) is 20.7. The third-order valence-electron chi connectivity index (χ3n) is 3.57. The minimum atomic E-state index is -0.500. The number of carbonyl (C=O) groups excluding carboxylic acids is 1. The second-order valence-corrected chi connectivity index (χ2v) is 5.56. The molecule has 0 aliphatic heterocycles. The molecule has 0 saturated heterocycles. The van der Waals surface area contributed by atoms with E-state index < -0.39 is 5.82 Å². The van der Waals surface area contributed by atoms with Crippen molar-refractivity contribution in [2.75, 3.05) is 12.1 Å². The monoisotopic (exact) mass is 388 g/mol. The number of aromatic nitrogens is 4. The lowest BCUT2D eigenvalue weighted by atomic mass is 10.1. The molecule has 0 saturated carbocycles. The minimum absolute atomic E-state index is 0.268. The Hall–Kier alpha value is -3.57. The van der Waals surface area contributed by atoms with Gasteiger partial charge in [-0.05, 0) is 18.6 Å². The molecule has 0 fully saturated rings. The molecule has 0 spiro atoms. The number of anilines is 1. The maximum Gasteiger partial charge on any atom is 0.250 e. The summed E-state index contributed by atoms with van der Waals surface area (Å²) in [5.74, 6) is 10.4. The average molecular weight is 388 g/mol. The van der Waals surface area contributed by atoms with Gasteiger partial charge >= 0.3 is 0 Å². The zero-order valence-corrected chi connectivity index (χ0v) is 15.4. The molecule has 0 aliphatic rings. The lowest BCUT2D eigenvalue weighted by molar-refractivity contribution is -0.109. The topological polar surface area (TPSA) is 137 Å². The van der Waals surface area contributed by atoms with Crippen LogP contribution < -0.4 is 26.9 Å². The van der Waals surface area contributed by atoms with Crippen LogP contribution in [0.5, 0.6) is 5.88 Å². The van der Waals surface area contributed by atoms with E-state index in [0.29, 0.717) is 18.9 Å². The number of hydrogen-bond donors (Lipinski definition) is 3. The largest absolute Gasteiger partial charge is 0.472 e. The molecule has 1 amide bonds. The van der Waals surface area contributed by atoms with Crippen molar-refractivity contribution < 1.29 is 13.9 Å². The van der Waals surface area contributed by atoms with Gasteiger partial charge in [0.1, 0.15) is 6.61 Å². The summed E-state index contributed by atoms with van der Waals surface area (Å²) in [6.45, 7) is 2.32. The molecule has 2 aromatic heterocycles. The van der Waals surface area contributed by atoms with Gasteiger partial charge in [-0.25, -0.2) is 30.7 Å². The van der Waals surface area contributed by atoms with Crippen molar-refractivity contribution in [2.24, 2.45) is 11.7 Å². The van der Waals surface area contributed by atoms with Gasteiger partial charge in [0.25, 0.3) is 5.95 Å². The first-order chi connectivity index (χ1) is 13.5. The molecule has 28 heavy (non-hydrogen) atoms. The van der Waals surface area contributed by atoms with E-state index in [1.54, 1.807) is 29.7 Å². The number of benzene rings is 1. The van der Waals surface area contributed by atoms with Crippen LogP contribution in [0.3, 0.4) is 0 Å². The van der Waals surface area contributed by atoms with E-state index in [2.05, 4.69) is 20.9 Å². The van der Waals surface area contributed by atoms with Gasteiger partial charge in [0, 0.05) is 24.9 Å². The number of hydrazine groups is 2. The second-order valence-electron chi connectivity index (χ2n) is 5.56. The zero-order chi connectivity index (χ0) is 20.5. The summed E-state index contributed by atoms with van der Waals surface area (Å²) in [5, 5.41) is 5.78.